The van der Waals surface area contributed by atoms with Gasteiger partial charge in [0.25, 0.3) is 0 Å². The summed E-state index contributed by atoms with van der Waals surface area (Å²) < 4.78 is 0. The van der Waals surface area contributed by atoms with Gasteiger partial charge in [0.15, 0.2) is 10.2 Å². The minimum absolute atomic E-state index is 0. The number of unbranched alkanes of at least 4 members (excludes halogenated alkanes) is 5. The van der Waals surface area contributed by atoms with Crippen LogP contribution in [0.4, 0.5) is 0 Å². The fourth-order valence-electron chi connectivity index (χ4n) is 1.26. The molecule has 2 nitrogen and oxygen atoms in total. The van der Waals surface area contributed by atoms with Crippen molar-refractivity contribution in [1.29, 1.82) is 0 Å². The van der Waals surface area contributed by atoms with Crippen molar-refractivity contribution in [2.75, 3.05) is 0 Å². The molecule has 0 saturated heterocycles. The van der Waals surface area contributed by atoms with E-state index in [0.29, 0.717) is 12.8 Å². The molecule has 0 radical (unpaired) electrons. The van der Waals surface area contributed by atoms with E-state index in [1.165, 1.54) is 0 Å². The maximum atomic E-state index is 10.5. The Labute approximate surface area is 125 Å². The molecule has 84 valence electrons. The van der Waals surface area contributed by atoms with Crippen LogP contribution in [0, 0.1) is 0 Å². The van der Waals surface area contributed by atoms with Crippen LogP contribution in [-0.4, -0.2) is 39.8 Å². The Morgan fingerprint density at radius 2 is 0.933 bits per heavy atom. The third kappa shape index (κ3) is 17.6. The Balaban J connectivity index is 0. The fourth-order valence-corrected chi connectivity index (χ4v) is 1.58. The summed E-state index contributed by atoms with van der Waals surface area (Å²) in [4.78, 5) is 20.9. The molecular weight excluding hydrogens is 239 g/mol. The first kappa shape index (κ1) is 18.4. The van der Waals surface area contributed by atoms with Gasteiger partial charge in [-0.3, -0.25) is 9.59 Å². The van der Waals surface area contributed by atoms with Gasteiger partial charge in [0.1, 0.15) is 0 Å². The molecule has 0 bridgehead atoms. The van der Waals surface area contributed by atoms with Gasteiger partial charge in [0, 0.05) is 12.8 Å². The molecule has 0 aliphatic heterocycles. The second-order valence-electron chi connectivity index (χ2n) is 3.41. The van der Waals surface area contributed by atoms with Crippen molar-refractivity contribution in [3.63, 3.8) is 0 Å². The van der Waals surface area contributed by atoms with Crippen molar-refractivity contribution in [3.8, 4) is 0 Å². The summed E-state index contributed by atoms with van der Waals surface area (Å²) in [5.41, 5.74) is 0. The zero-order chi connectivity index (χ0) is 10.8. The van der Waals surface area contributed by atoms with Crippen LogP contribution in [0.25, 0.3) is 0 Å². The van der Waals surface area contributed by atoms with Gasteiger partial charge in [-0.2, -0.15) is 0 Å². The summed E-state index contributed by atoms with van der Waals surface area (Å²) in [5.74, 6) is 0. The molecular formula is C10H19NaO2S2. The maximum absolute atomic E-state index is 10.5. The summed E-state index contributed by atoms with van der Waals surface area (Å²) in [6, 6.07) is 0. The predicted octanol–water partition coefficient (Wildman–Crippen LogP) is 2.37. The Hall–Kier alpha value is 1.04. The van der Waals surface area contributed by atoms with Crippen molar-refractivity contribution in [1.82, 2.24) is 0 Å². The monoisotopic (exact) mass is 258 g/mol. The molecule has 0 saturated carbocycles. The van der Waals surface area contributed by atoms with E-state index in [4.69, 9.17) is 0 Å². The Morgan fingerprint density at radius 1 is 0.667 bits per heavy atom. The number of thiol groups is 2. The number of hydrogen-bond donors (Lipinski definition) is 2. The minimum atomic E-state index is -0.0225. The van der Waals surface area contributed by atoms with Crippen molar-refractivity contribution in [2.45, 2.75) is 51.4 Å². The number of rotatable bonds is 9. The van der Waals surface area contributed by atoms with Gasteiger partial charge in [-0.05, 0) is 12.8 Å². The molecule has 15 heavy (non-hydrogen) atoms. The van der Waals surface area contributed by atoms with Gasteiger partial charge in [-0.1, -0.05) is 25.7 Å². The van der Waals surface area contributed by atoms with Gasteiger partial charge in [0.05, 0.1) is 0 Å². The summed E-state index contributed by atoms with van der Waals surface area (Å²) in [5, 5.41) is -0.0451. The van der Waals surface area contributed by atoms with Crippen LogP contribution in [0.1, 0.15) is 51.4 Å². The van der Waals surface area contributed by atoms with Crippen molar-refractivity contribution >= 4 is 65.0 Å². The fraction of sp³-hybridized carbons (Fsp3) is 0.800. The van der Waals surface area contributed by atoms with Crippen LogP contribution in [0.3, 0.4) is 0 Å². The second kappa shape index (κ2) is 13.1. The SMILES string of the molecule is O=C(S)CCCCCCCCC(=O)S.[NaH]. The van der Waals surface area contributed by atoms with Crippen molar-refractivity contribution in [3.05, 3.63) is 0 Å². The molecule has 0 N–H and O–H groups in total. The van der Waals surface area contributed by atoms with Crippen LogP contribution in [0.2, 0.25) is 0 Å². The first-order chi connectivity index (χ1) is 6.63. The normalized spacial score (nSPS) is 9.47. The zero-order valence-corrected chi connectivity index (χ0v) is 10.2. The average Bonchev–Trinajstić information content (AvgIpc) is 2.08. The first-order valence-electron chi connectivity index (χ1n) is 5.06. The summed E-state index contributed by atoms with van der Waals surface area (Å²) >= 11 is 7.39. The van der Waals surface area contributed by atoms with Crippen LogP contribution >= 0.6 is 25.3 Å². The van der Waals surface area contributed by atoms with E-state index in [1.54, 1.807) is 0 Å². The summed E-state index contributed by atoms with van der Waals surface area (Å²) in [6.45, 7) is 0. The van der Waals surface area contributed by atoms with E-state index < -0.39 is 0 Å². The molecule has 5 heteroatoms. The van der Waals surface area contributed by atoms with Crippen LogP contribution in [-0.2, 0) is 9.59 Å². The molecule has 0 aromatic heterocycles. The van der Waals surface area contributed by atoms with Gasteiger partial charge in [-0.15, -0.1) is 25.3 Å². The third-order valence-electron chi connectivity index (χ3n) is 2.03. The number of hydrogen-bond acceptors (Lipinski definition) is 2. The van der Waals surface area contributed by atoms with Crippen LogP contribution in [0.15, 0.2) is 0 Å². The molecule has 0 aliphatic rings. The molecule has 0 aliphatic carbocycles. The van der Waals surface area contributed by atoms with Crippen molar-refractivity contribution in [2.24, 2.45) is 0 Å². The van der Waals surface area contributed by atoms with E-state index in [2.05, 4.69) is 25.3 Å². The first-order valence-corrected chi connectivity index (χ1v) is 5.96. The molecule has 0 rings (SSSR count). The number of carbonyl (C=O) groups excluding carboxylic acids is 2. The Bertz CT molecular complexity index is 166. The molecule has 0 unspecified atom stereocenters. The van der Waals surface area contributed by atoms with Gasteiger partial charge in [-0.25, -0.2) is 0 Å². The Kier molecular flexibility index (Phi) is 16.1. The summed E-state index contributed by atoms with van der Waals surface area (Å²) in [7, 11) is 0. The zero-order valence-electron chi connectivity index (χ0n) is 8.37. The predicted molar refractivity (Wildman–Crippen MR) is 72.1 cm³/mol. The molecule has 0 amide bonds. The molecule has 0 atom stereocenters. The van der Waals surface area contributed by atoms with Gasteiger partial charge >= 0.3 is 29.6 Å². The molecule has 0 aromatic rings. The second-order valence-corrected chi connectivity index (χ2v) is 4.41. The average molecular weight is 258 g/mol. The topological polar surface area (TPSA) is 34.1 Å². The quantitative estimate of drug-likeness (QED) is 0.378. The molecule has 0 fully saturated rings. The summed E-state index contributed by atoms with van der Waals surface area (Å²) in [6.07, 6.45) is 7.49. The van der Waals surface area contributed by atoms with E-state index in [0.717, 1.165) is 38.5 Å². The van der Waals surface area contributed by atoms with Gasteiger partial charge < -0.3 is 0 Å². The molecule has 0 spiro atoms. The van der Waals surface area contributed by atoms with Crippen LogP contribution in [0.5, 0.6) is 0 Å². The number of carbonyl (C=O) groups is 2. The van der Waals surface area contributed by atoms with E-state index in [1.807, 2.05) is 0 Å². The van der Waals surface area contributed by atoms with E-state index >= 15 is 0 Å². The van der Waals surface area contributed by atoms with Gasteiger partial charge in [0.2, 0.25) is 0 Å². The molecule has 0 aromatic carbocycles. The van der Waals surface area contributed by atoms with Crippen LogP contribution < -0.4 is 0 Å². The standard InChI is InChI=1S/C10H18O2S2.Na.H/c11-9(13)7-5-3-1-2-4-6-8-10(12)14;;/h1-8H2,(H,11,13)(H,12,14);;. The van der Waals surface area contributed by atoms with E-state index in [9.17, 15) is 9.59 Å². The van der Waals surface area contributed by atoms with E-state index in [-0.39, 0.29) is 39.8 Å². The Morgan fingerprint density at radius 3 is 1.20 bits per heavy atom. The third-order valence-corrected chi connectivity index (χ3v) is 2.48. The van der Waals surface area contributed by atoms with Crippen molar-refractivity contribution < 1.29 is 9.59 Å². The molecule has 0 heterocycles.